The van der Waals surface area contributed by atoms with Crippen LogP contribution in [-0.2, 0) is 0 Å². The van der Waals surface area contributed by atoms with Gasteiger partial charge < -0.3 is 0 Å². The summed E-state index contributed by atoms with van der Waals surface area (Å²) in [7, 11) is 2.23. The molecular weight excluding hydrogens is 170 g/mol. The average molecular weight is 193 g/mol. The predicted molar refractivity (Wildman–Crippen MR) is 63.4 cm³/mol. The fourth-order valence-corrected chi connectivity index (χ4v) is 2.53. The van der Waals surface area contributed by atoms with Gasteiger partial charge in [0.05, 0.1) is 0 Å². The van der Waals surface area contributed by atoms with Crippen LogP contribution < -0.4 is 0 Å². The molecule has 0 aliphatic carbocycles. The van der Waals surface area contributed by atoms with E-state index in [2.05, 4.69) is 51.8 Å². The molecule has 0 aromatic carbocycles. The third-order valence-electron chi connectivity index (χ3n) is 3.42. The van der Waals surface area contributed by atoms with Crippen LogP contribution in [0.2, 0.25) is 0 Å². The SMILES string of the molecule is C/C=C\C(C)=C1/C(CC)CN(C)C1C. The van der Waals surface area contributed by atoms with Crippen molar-refractivity contribution in [2.24, 2.45) is 5.92 Å². The van der Waals surface area contributed by atoms with Gasteiger partial charge in [-0.2, -0.15) is 0 Å². The third-order valence-corrected chi connectivity index (χ3v) is 3.42. The first-order chi connectivity index (χ1) is 6.61. The molecule has 1 heterocycles. The fourth-order valence-electron chi connectivity index (χ4n) is 2.53. The molecule has 1 heteroatoms. The average Bonchev–Trinajstić information content (AvgIpc) is 2.43. The summed E-state index contributed by atoms with van der Waals surface area (Å²) in [6.07, 6.45) is 5.65. The molecule has 0 amide bonds. The lowest BCUT2D eigenvalue weighted by atomic mass is 9.92. The van der Waals surface area contributed by atoms with Crippen LogP contribution in [0.3, 0.4) is 0 Å². The van der Waals surface area contributed by atoms with Crippen molar-refractivity contribution in [3.63, 3.8) is 0 Å². The van der Waals surface area contributed by atoms with Crippen LogP contribution >= 0.6 is 0 Å². The number of rotatable bonds is 2. The van der Waals surface area contributed by atoms with E-state index in [0.717, 1.165) is 5.92 Å². The Balaban J connectivity index is 2.99. The molecule has 0 spiro atoms. The number of hydrogen-bond acceptors (Lipinski definition) is 1. The number of likely N-dealkylation sites (tertiary alicyclic amines) is 1. The van der Waals surface area contributed by atoms with Gasteiger partial charge in [0.25, 0.3) is 0 Å². The molecule has 0 N–H and O–H groups in total. The van der Waals surface area contributed by atoms with Crippen LogP contribution in [0.5, 0.6) is 0 Å². The van der Waals surface area contributed by atoms with Crippen LogP contribution in [0.1, 0.15) is 34.1 Å². The van der Waals surface area contributed by atoms with E-state index in [-0.39, 0.29) is 0 Å². The van der Waals surface area contributed by atoms with E-state index < -0.39 is 0 Å². The fraction of sp³-hybridized carbons (Fsp3) is 0.692. The third kappa shape index (κ3) is 2.09. The number of hydrogen-bond donors (Lipinski definition) is 0. The maximum atomic E-state index is 2.45. The molecule has 0 saturated carbocycles. The van der Waals surface area contributed by atoms with Crippen molar-refractivity contribution >= 4 is 0 Å². The lowest BCUT2D eigenvalue weighted by molar-refractivity contribution is 0.332. The summed E-state index contributed by atoms with van der Waals surface area (Å²) in [5, 5.41) is 0. The Kier molecular flexibility index (Phi) is 3.94. The predicted octanol–water partition coefficient (Wildman–Crippen LogP) is 3.24. The number of allylic oxidation sites excluding steroid dienone is 3. The minimum Gasteiger partial charge on any atom is -0.299 e. The Hall–Kier alpha value is -0.560. The molecule has 2 atom stereocenters. The Bertz CT molecular complexity index is 250. The molecule has 1 saturated heterocycles. The summed E-state index contributed by atoms with van der Waals surface area (Å²) in [5.74, 6) is 0.770. The zero-order chi connectivity index (χ0) is 10.7. The van der Waals surface area contributed by atoms with Crippen LogP contribution in [0.4, 0.5) is 0 Å². The molecular formula is C13H23N. The molecule has 2 unspecified atom stereocenters. The van der Waals surface area contributed by atoms with Gasteiger partial charge in [0.1, 0.15) is 0 Å². The van der Waals surface area contributed by atoms with E-state index in [1.165, 1.54) is 18.5 Å². The maximum Gasteiger partial charge on any atom is 0.0285 e. The second kappa shape index (κ2) is 4.79. The van der Waals surface area contributed by atoms with E-state index in [9.17, 15) is 0 Å². The minimum absolute atomic E-state index is 0.621. The Labute approximate surface area is 88.5 Å². The summed E-state index contributed by atoms with van der Waals surface area (Å²) >= 11 is 0. The highest BCUT2D eigenvalue weighted by molar-refractivity contribution is 5.31. The van der Waals surface area contributed by atoms with Crippen LogP contribution in [0.25, 0.3) is 0 Å². The van der Waals surface area contributed by atoms with E-state index in [1.54, 1.807) is 5.57 Å². The van der Waals surface area contributed by atoms with Crippen LogP contribution in [0, 0.1) is 5.92 Å². The molecule has 0 aromatic rings. The first-order valence-electron chi connectivity index (χ1n) is 5.65. The second-order valence-corrected chi connectivity index (χ2v) is 4.36. The summed E-state index contributed by atoms with van der Waals surface area (Å²) < 4.78 is 0. The van der Waals surface area contributed by atoms with Crippen molar-refractivity contribution in [2.45, 2.75) is 40.2 Å². The molecule has 0 radical (unpaired) electrons. The highest BCUT2D eigenvalue weighted by atomic mass is 15.2. The van der Waals surface area contributed by atoms with Crippen LogP contribution in [0.15, 0.2) is 23.3 Å². The molecule has 0 bridgehead atoms. The molecule has 80 valence electrons. The molecule has 1 aliphatic heterocycles. The standard InChI is InChI=1S/C13H23N/c1-6-8-10(3)13-11(4)14(5)9-12(13)7-2/h6,8,11-12H,7,9H2,1-5H3/b8-6-,13-10-. The molecule has 1 fully saturated rings. The number of nitrogens with zero attached hydrogens (tertiary/aromatic N) is 1. The smallest absolute Gasteiger partial charge is 0.0285 e. The van der Waals surface area contributed by atoms with Crippen molar-refractivity contribution in [3.8, 4) is 0 Å². The normalized spacial score (nSPS) is 32.9. The molecule has 1 aliphatic rings. The van der Waals surface area contributed by atoms with Crippen molar-refractivity contribution in [3.05, 3.63) is 23.3 Å². The van der Waals surface area contributed by atoms with E-state index in [4.69, 9.17) is 0 Å². The topological polar surface area (TPSA) is 3.24 Å². The van der Waals surface area contributed by atoms with Crippen LogP contribution in [-0.4, -0.2) is 24.5 Å². The lowest BCUT2D eigenvalue weighted by Crippen LogP contribution is -2.22. The summed E-state index contributed by atoms with van der Waals surface area (Å²) in [6, 6.07) is 0.621. The Morgan fingerprint density at radius 3 is 2.71 bits per heavy atom. The Morgan fingerprint density at radius 1 is 1.57 bits per heavy atom. The van der Waals surface area contributed by atoms with Gasteiger partial charge in [0.15, 0.2) is 0 Å². The second-order valence-electron chi connectivity index (χ2n) is 4.36. The zero-order valence-electron chi connectivity index (χ0n) is 10.2. The van der Waals surface area contributed by atoms with Gasteiger partial charge >= 0.3 is 0 Å². The quantitative estimate of drug-likeness (QED) is 0.651. The first-order valence-corrected chi connectivity index (χ1v) is 5.65. The monoisotopic (exact) mass is 193 g/mol. The minimum atomic E-state index is 0.621. The largest absolute Gasteiger partial charge is 0.299 e. The molecule has 1 nitrogen and oxygen atoms in total. The molecule has 1 rings (SSSR count). The van der Waals surface area contributed by atoms with E-state index in [1.807, 2.05) is 0 Å². The number of likely N-dealkylation sites (N-methyl/N-ethyl adjacent to an activating group) is 1. The highest BCUT2D eigenvalue weighted by Crippen LogP contribution is 2.32. The van der Waals surface area contributed by atoms with Gasteiger partial charge in [0.2, 0.25) is 0 Å². The lowest BCUT2D eigenvalue weighted by Gasteiger charge is -2.16. The molecule has 14 heavy (non-hydrogen) atoms. The van der Waals surface area contributed by atoms with E-state index in [0.29, 0.717) is 6.04 Å². The van der Waals surface area contributed by atoms with Gasteiger partial charge in [-0.25, -0.2) is 0 Å². The van der Waals surface area contributed by atoms with Gasteiger partial charge in [0, 0.05) is 12.6 Å². The van der Waals surface area contributed by atoms with Gasteiger partial charge in [-0.1, -0.05) is 24.6 Å². The van der Waals surface area contributed by atoms with Crippen molar-refractivity contribution in [2.75, 3.05) is 13.6 Å². The maximum absolute atomic E-state index is 2.45. The summed E-state index contributed by atoms with van der Waals surface area (Å²) in [5.41, 5.74) is 3.12. The van der Waals surface area contributed by atoms with Crippen molar-refractivity contribution in [1.82, 2.24) is 4.90 Å². The zero-order valence-corrected chi connectivity index (χ0v) is 10.2. The molecule has 0 aromatic heterocycles. The first kappa shape index (κ1) is 11.5. The summed E-state index contributed by atoms with van der Waals surface area (Å²) in [4.78, 5) is 2.45. The highest BCUT2D eigenvalue weighted by Gasteiger charge is 2.31. The van der Waals surface area contributed by atoms with Gasteiger partial charge in [-0.3, -0.25) is 4.90 Å². The van der Waals surface area contributed by atoms with E-state index >= 15 is 0 Å². The van der Waals surface area contributed by atoms with Gasteiger partial charge in [-0.05, 0) is 45.7 Å². The van der Waals surface area contributed by atoms with Crippen molar-refractivity contribution in [1.29, 1.82) is 0 Å². The van der Waals surface area contributed by atoms with Crippen molar-refractivity contribution < 1.29 is 0 Å². The van der Waals surface area contributed by atoms with Gasteiger partial charge in [-0.15, -0.1) is 0 Å². The Morgan fingerprint density at radius 2 is 2.21 bits per heavy atom. The summed E-state index contributed by atoms with van der Waals surface area (Å²) in [6.45, 7) is 10.2.